The van der Waals surface area contributed by atoms with E-state index in [9.17, 15) is 0 Å². The zero-order chi connectivity index (χ0) is 7.84. The van der Waals surface area contributed by atoms with Crippen molar-refractivity contribution in [3.05, 3.63) is 0 Å². The molecule has 0 bridgehead atoms. The lowest BCUT2D eigenvalue weighted by atomic mass is 10.2. The predicted molar refractivity (Wildman–Crippen MR) is 47.5 cm³/mol. The van der Waals surface area contributed by atoms with Crippen molar-refractivity contribution in [2.45, 2.75) is 26.2 Å². The topological polar surface area (TPSA) is 3.24 Å². The molecule has 64 valence electrons. The first kappa shape index (κ1) is 7.60. The molecule has 0 spiro atoms. The van der Waals surface area contributed by atoms with Crippen LogP contribution in [0.5, 0.6) is 0 Å². The van der Waals surface area contributed by atoms with E-state index in [1.54, 1.807) is 0 Å². The molecule has 0 aromatic carbocycles. The Labute approximate surface area is 69.8 Å². The predicted octanol–water partition coefficient (Wildman–Crippen LogP) is 1.98. The van der Waals surface area contributed by atoms with Gasteiger partial charge in [-0.3, -0.25) is 0 Å². The molecule has 0 radical (unpaired) electrons. The highest BCUT2D eigenvalue weighted by atomic mass is 15.1. The number of rotatable bonds is 1. The molecule has 11 heavy (non-hydrogen) atoms. The molecule has 1 heteroatoms. The molecule has 1 aliphatic carbocycles. The van der Waals surface area contributed by atoms with E-state index in [0.717, 1.165) is 17.8 Å². The summed E-state index contributed by atoms with van der Waals surface area (Å²) in [5.41, 5.74) is 0. The Morgan fingerprint density at radius 2 is 1.73 bits per heavy atom. The standard InChI is InChI=1S/C10H19N/c1-3-8-9-4-6-11(2)7-5-10(8)9/h8-10H,3-7H2,1-2H3. The van der Waals surface area contributed by atoms with E-state index in [4.69, 9.17) is 0 Å². The van der Waals surface area contributed by atoms with Gasteiger partial charge in [-0.25, -0.2) is 0 Å². The van der Waals surface area contributed by atoms with Crippen LogP contribution in [0.25, 0.3) is 0 Å². The average molecular weight is 153 g/mol. The van der Waals surface area contributed by atoms with Crippen LogP contribution in [0.3, 0.4) is 0 Å². The molecule has 0 N–H and O–H groups in total. The average Bonchev–Trinajstić information content (AvgIpc) is 2.69. The number of fused-ring (bicyclic) bond motifs is 1. The molecule has 2 aliphatic rings. The van der Waals surface area contributed by atoms with Crippen LogP contribution in [0.2, 0.25) is 0 Å². The van der Waals surface area contributed by atoms with Crippen LogP contribution in [0, 0.1) is 17.8 Å². The van der Waals surface area contributed by atoms with E-state index in [0.29, 0.717) is 0 Å². The second kappa shape index (κ2) is 2.78. The number of hydrogen-bond donors (Lipinski definition) is 0. The Bertz CT molecular complexity index is 130. The van der Waals surface area contributed by atoms with Crippen molar-refractivity contribution in [2.24, 2.45) is 17.8 Å². The highest BCUT2D eigenvalue weighted by molar-refractivity contribution is 4.97. The highest BCUT2D eigenvalue weighted by Crippen LogP contribution is 2.53. The third-order valence-corrected chi connectivity index (χ3v) is 3.67. The molecule has 0 aromatic heterocycles. The Kier molecular flexibility index (Phi) is 1.92. The van der Waals surface area contributed by atoms with Gasteiger partial charge in [0.2, 0.25) is 0 Å². The van der Waals surface area contributed by atoms with Crippen molar-refractivity contribution < 1.29 is 0 Å². The van der Waals surface area contributed by atoms with Crippen molar-refractivity contribution in [2.75, 3.05) is 20.1 Å². The highest BCUT2D eigenvalue weighted by Gasteiger charge is 2.48. The molecule has 1 saturated heterocycles. The lowest BCUT2D eigenvalue weighted by Gasteiger charge is -2.13. The normalized spacial score (nSPS) is 44.7. The summed E-state index contributed by atoms with van der Waals surface area (Å²) in [5, 5.41) is 0. The molecule has 2 rings (SSSR count). The summed E-state index contributed by atoms with van der Waals surface area (Å²) in [6.45, 7) is 5.04. The van der Waals surface area contributed by atoms with E-state index < -0.39 is 0 Å². The Hall–Kier alpha value is -0.0400. The summed E-state index contributed by atoms with van der Waals surface area (Å²) in [4.78, 5) is 2.48. The summed E-state index contributed by atoms with van der Waals surface area (Å²) in [6.07, 6.45) is 4.37. The van der Waals surface area contributed by atoms with Gasteiger partial charge in [-0.15, -0.1) is 0 Å². The Morgan fingerprint density at radius 3 is 2.18 bits per heavy atom. The zero-order valence-electron chi connectivity index (χ0n) is 7.71. The van der Waals surface area contributed by atoms with Gasteiger partial charge < -0.3 is 4.90 Å². The van der Waals surface area contributed by atoms with E-state index in [2.05, 4.69) is 18.9 Å². The molecular weight excluding hydrogens is 134 g/mol. The molecule has 1 nitrogen and oxygen atoms in total. The van der Waals surface area contributed by atoms with Gasteiger partial charge in [-0.1, -0.05) is 13.3 Å². The molecule has 0 amide bonds. The second-order valence-electron chi connectivity index (χ2n) is 4.28. The maximum atomic E-state index is 2.48. The molecule has 2 fully saturated rings. The Morgan fingerprint density at radius 1 is 1.18 bits per heavy atom. The summed E-state index contributed by atoms with van der Waals surface area (Å²) < 4.78 is 0. The lowest BCUT2D eigenvalue weighted by Crippen LogP contribution is -2.20. The number of likely N-dealkylation sites (tertiary alicyclic amines) is 1. The largest absolute Gasteiger partial charge is 0.306 e. The fraction of sp³-hybridized carbons (Fsp3) is 1.00. The smallest absolute Gasteiger partial charge is 0.00189 e. The van der Waals surface area contributed by atoms with Gasteiger partial charge in [0, 0.05) is 0 Å². The van der Waals surface area contributed by atoms with Crippen LogP contribution >= 0.6 is 0 Å². The van der Waals surface area contributed by atoms with Crippen LogP contribution in [0.15, 0.2) is 0 Å². The first-order valence-corrected chi connectivity index (χ1v) is 5.01. The molecule has 1 heterocycles. The second-order valence-corrected chi connectivity index (χ2v) is 4.28. The summed E-state index contributed by atoms with van der Waals surface area (Å²) in [6, 6.07) is 0. The van der Waals surface area contributed by atoms with Crippen LogP contribution in [0.4, 0.5) is 0 Å². The van der Waals surface area contributed by atoms with Crippen molar-refractivity contribution in [1.29, 1.82) is 0 Å². The first-order valence-electron chi connectivity index (χ1n) is 5.01. The summed E-state index contributed by atoms with van der Waals surface area (Å²) in [5.74, 6) is 3.35. The molecule has 1 saturated carbocycles. The lowest BCUT2D eigenvalue weighted by molar-refractivity contribution is 0.325. The van der Waals surface area contributed by atoms with Gasteiger partial charge in [0.25, 0.3) is 0 Å². The zero-order valence-corrected chi connectivity index (χ0v) is 7.71. The van der Waals surface area contributed by atoms with E-state index in [1.807, 2.05) is 0 Å². The quantitative estimate of drug-likeness (QED) is 0.557. The number of hydrogen-bond acceptors (Lipinski definition) is 1. The van der Waals surface area contributed by atoms with Gasteiger partial charge in [0.1, 0.15) is 0 Å². The van der Waals surface area contributed by atoms with Gasteiger partial charge in [-0.2, -0.15) is 0 Å². The number of nitrogens with zero attached hydrogens (tertiary/aromatic N) is 1. The first-order chi connectivity index (χ1) is 5.33. The van der Waals surface area contributed by atoms with Crippen LogP contribution < -0.4 is 0 Å². The van der Waals surface area contributed by atoms with E-state index >= 15 is 0 Å². The minimum atomic E-state index is 1.11. The monoisotopic (exact) mass is 153 g/mol. The summed E-state index contributed by atoms with van der Waals surface area (Å²) in [7, 11) is 2.26. The van der Waals surface area contributed by atoms with Gasteiger partial charge in [0.15, 0.2) is 0 Å². The van der Waals surface area contributed by atoms with Gasteiger partial charge in [0.05, 0.1) is 0 Å². The minimum absolute atomic E-state index is 1.11. The van der Waals surface area contributed by atoms with Crippen LogP contribution in [-0.2, 0) is 0 Å². The maximum absolute atomic E-state index is 2.48. The van der Waals surface area contributed by atoms with Gasteiger partial charge in [-0.05, 0) is 50.7 Å². The SMILES string of the molecule is CCC1C2CCN(C)CCC12. The Balaban J connectivity index is 1.88. The van der Waals surface area contributed by atoms with Crippen molar-refractivity contribution >= 4 is 0 Å². The third kappa shape index (κ3) is 1.31. The van der Waals surface area contributed by atoms with Crippen LogP contribution in [-0.4, -0.2) is 25.0 Å². The molecule has 1 aliphatic heterocycles. The fourth-order valence-corrected chi connectivity index (χ4v) is 2.84. The summed E-state index contributed by atoms with van der Waals surface area (Å²) >= 11 is 0. The minimum Gasteiger partial charge on any atom is -0.306 e. The van der Waals surface area contributed by atoms with Crippen molar-refractivity contribution in [3.63, 3.8) is 0 Å². The third-order valence-electron chi connectivity index (χ3n) is 3.67. The molecular formula is C10H19N. The maximum Gasteiger partial charge on any atom is -0.00189 e. The molecule has 2 atom stereocenters. The molecule has 2 unspecified atom stereocenters. The molecule has 0 aromatic rings. The van der Waals surface area contributed by atoms with Crippen molar-refractivity contribution in [1.82, 2.24) is 4.90 Å². The van der Waals surface area contributed by atoms with Crippen LogP contribution in [0.1, 0.15) is 26.2 Å². The van der Waals surface area contributed by atoms with Crippen molar-refractivity contribution in [3.8, 4) is 0 Å². The van der Waals surface area contributed by atoms with E-state index in [-0.39, 0.29) is 0 Å². The van der Waals surface area contributed by atoms with E-state index in [1.165, 1.54) is 32.4 Å². The van der Waals surface area contributed by atoms with Gasteiger partial charge >= 0.3 is 0 Å². The fourth-order valence-electron chi connectivity index (χ4n) is 2.84.